The van der Waals surface area contributed by atoms with Gasteiger partial charge in [-0.1, -0.05) is 0 Å². The molecule has 0 nitrogen and oxygen atoms in total. The maximum absolute atomic E-state index is 2.87. The largest absolute Gasteiger partial charge is 1.00 e. The van der Waals surface area contributed by atoms with Crippen molar-refractivity contribution in [3.63, 3.8) is 0 Å². The molecule has 0 aliphatic heterocycles. The van der Waals surface area contributed by atoms with Crippen LogP contribution >= 0.6 is 0 Å². The molecule has 0 N–H and O–H groups in total. The molecule has 0 radical (unpaired) electrons. The Bertz CT molecular complexity index is 1840. The summed E-state index contributed by atoms with van der Waals surface area (Å²) in [5.41, 5.74) is 17.7. The van der Waals surface area contributed by atoms with Crippen molar-refractivity contribution < 1.29 is 46.1 Å². The van der Waals surface area contributed by atoms with Crippen molar-refractivity contribution in [3.8, 4) is 11.1 Å². The minimum atomic E-state index is -2.87. The van der Waals surface area contributed by atoms with Crippen molar-refractivity contribution in [1.82, 2.24) is 0 Å². The van der Waals surface area contributed by atoms with Crippen LogP contribution in [0.2, 0.25) is 0 Å². The molecule has 0 saturated carbocycles. The molecule has 49 heavy (non-hydrogen) atoms. The molecule has 0 unspecified atom stereocenters. The zero-order valence-electron chi connectivity index (χ0n) is 31.7. The van der Waals surface area contributed by atoms with Crippen molar-refractivity contribution >= 4 is 3.21 Å². The summed E-state index contributed by atoms with van der Waals surface area (Å²) in [5, 5.41) is 0. The van der Waals surface area contributed by atoms with E-state index in [0.717, 1.165) is 6.42 Å². The van der Waals surface area contributed by atoms with E-state index >= 15 is 0 Å². The number of aryl methyl sites for hydroxylation is 2. The first-order valence-corrected chi connectivity index (χ1v) is 21.4. The molecule has 0 saturated heterocycles. The molecule has 6 rings (SSSR count). The van der Waals surface area contributed by atoms with Crippen LogP contribution in [0.3, 0.4) is 0 Å². The second kappa shape index (κ2) is 14.4. The van der Waals surface area contributed by atoms with E-state index < -0.39 is 21.3 Å². The summed E-state index contributed by atoms with van der Waals surface area (Å²) in [6.45, 7) is 28.2. The van der Waals surface area contributed by atoms with Gasteiger partial charge in [0.05, 0.1) is 0 Å². The van der Waals surface area contributed by atoms with Gasteiger partial charge in [0, 0.05) is 0 Å². The minimum absolute atomic E-state index is 0. The van der Waals surface area contributed by atoms with Crippen molar-refractivity contribution in [2.75, 3.05) is 0 Å². The van der Waals surface area contributed by atoms with Crippen molar-refractivity contribution in [2.45, 2.75) is 104 Å². The Balaban J connectivity index is 0.00000270. The van der Waals surface area contributed by atoms with Gasteiger partial charge in [-0.05, 0) is 0 Å². The smallest absolute Gasteiger partial charge is 1.00 e. The van der Waals surface area contributed by atoms with Gasteiger partial charge in [0.2, 0.25) is 0 Å². The third-order valence-electron chi connectivity index (χ3n) is 10.4. The fraction of sp³-hybridized carbons (Fsp3) is 0.370. The van der Waals surface area contributed by atoms with Crippen molar-refractivity contribution in [2.24, 2.45) is 5.41 Å². The minimum Gasteiger partial charge on any atom is -1.00 e. The topological polar surface area (TPSA) is 0 Å². The van der Waals surface area contributed by atoms with Gasteiger partial charge in [-0.3, -0.25) is 0 Å². The van der Waals surface area contributed by atoms with E-state index in [2.05, 4.69) is 174 Å². The normalized spacial score (nSPS) is 14.3. The Morgan fingerprint density at radius 1 is 0.551 bits per heavy atom. The fourth-order valence-corrected chi connectivity index (χ4v) is 18.2. The average Bonchev–Trinajstić information content (AvgIpc) is 3.53. The number of allylic oxidation sites excluding steroid dienone is 4. The molecule has 256 valence electrons. The first-order valence-electron chi connectivity index (χ1n) is 17.5. The predicted octanol–water partition coefficient (Wildman–Crippen LogP) is 6.51. The molecule has 0 amide bonds. The summed E-state index contributed by atoms with van der Waals surface area (Å²) in [5.74, 6) is 0. The average molecular weight is 769 g/mol. The van der Waals surface area contributed by atoms with Crippen LogP contribution in [0.4, 0.5) is 0 Å². The van der Waals surface area contributed by atoms with E-state index in [1.54, 1.807) is 23.2 Å². The summed E-state index contributed by atoms with van der Waals surface area (Å²) in [7, 11) is 0. The van der Waals surface area contributed by atoms with Crippen LogP contribution in [-0.2, 0) is 32.1 Å². The van der Waals surface area contributed by atoms with Crippen LogP contribution in [-0.4, -0.2) is 3.21 Å². The molecule has 2 aliphatic carbocycles. The SMILES string of the molecule is CC1=CC[C]([Zr+2](=[C](c2ccc(C)cc2)c2ccc(C)cc2)[CH]2c3ccc(C(C)(C)C)cc3-c3cc(C(C)(C)C)ccc32)=C1C(C)(C)C.[Cl-].[Cl-]. The van der Waals surface area contributed by atoms with Gasteiger partial charge >= 0.3 is 295 Å². The number of benzene rings is 4. The van der Waals surface area contributed by atoms with Crippen molar-refractivity contribution in [1.29, 1.82) is 0 Å². The van der Waals surface area contributed by atoms with E-state index in [1.165, 1.54) is 50.1 Å². The second-order valence-electron chi connectivity index (χ2n) is 17.3. The van der Waals surface area contributed by atoms with E-state index in [9.17, 15) is 0 Å². The molecule has 0 aromatic heterocycles. The molecule has 0 spiro atoms. The molecule has 0 bridgehead atoms. The standard InChI is InChI=1S/C21H25.C15H14.C10H15.2ClH.Zr/c1-20(2,3)16-9-7-14-11-15-8-10-17(21(4,5)6)13-19(15)18(14)12-16;1-12-3-7-14(8-4-12)11-15-9-5-13(2)6-10-15;1-8-6-5-7-9(8)10(2,3)4;;;/h7-13H,1-6H3;3-10H,1-2H3;6H,5H2,1-4H3;2*1H;/q;;;;;+2/p-2. The Kier molecular flexibility index (Phi) is 11.6. The number of rotatable bonds is 4. The van der Waals surface area contributed by atoms with Crippen molar-refractivity contribution in [3.05, 3.63) is 150 Å². The van der Waals surface area contributed by atoms with Gasteiger partial charge < -0.3 is 24.8 Å². The molecule has 0 heterocycles. The molecule has 4 aromatic carbocycles. The second-order valence-corrected chi connectivity index (χ2v) is 23.4. The molecular weight excluding hydrogens is 715 g/mol. The fourth-order valence-electron chi connectivity index (χ4n) is 7.87. The molecule has 3 heteroatoms. The van der Waals surface area contributed by atoms with Gasteiger partial charge in [0.1, 0.15) is 0 Å². The first-order chi connectivity index (χ1) is 21.9. The number of hydrogen-bond acceptors (Lipinski definition) is 0. The van der Waals surface area contributed by atoms with Gasteiger partial charge in [0.15, 0.2) is 0 Å². The molecule has 2 aliphatic rings. The Morgan fingerprint density at radius 3 is 1.33 bits per heavy atom. The van der Waals surface area contributed by atoms with Crippen LogP contribution in [0.5, 0.6) is 0 Å². The quantitative estimate of drug-likeness (QED) is 0.222. The van der Waals surface area contributed by atoms with Gasteiger partial charge in [-0.2, -0.15) is 0 Å². The van der Waals surface area contributed by atoms with Gasteiger partial charge in [-0.15, -0.1) is 0 Å². The predicted molar refractivity (Wildman–Crippen MR) is 202 cm³/mol. The number of fused-ring (bicyclic) bond motifs is 3. The maximum atomic E-state index is 2.55. The summed E-state index contributed by atoms with van der Waals surface area (Å²) in [6.07, 6.45) is 3.62. The molecule has 0 fully saturated rings. The van der Waals surface area contributed by atoms with Crippen LogP contribution in [0, 0.1) is 19.3 Å². The van der Waals surface area contributed by atoms with Crippen LogP contribution in [0.25, 0.3) is 11.1 Å². The van der Waals surface area contributed by atoms with Crippen LogP contribution in [0.1, 0.15) is 124 Å². The Morgan fingerprint density at radius 2 is 0.959 bits per heavy atom. The third kappa shape index (κ3) is 7.66. The third-order valence-corrected chi connectivity index (χ3v) is 18.8. The van der Waals surface area contributed by atoms with E-state index in [-0.39, 0.29) is 41.1 Å². The summed E-state index contributed by atoms with van der Waals surface area (Å²) in [6, 6.07) is 34.0. The Labute approximate surface area is 317 Å². The zero-order chi connectivity index (χ0) is 34.1. The van der Waals surface area contributed by atoms with Crippen LogP contribution in [0.15, 0.2) is 105 Å². The summed E-state index contributed by atoms with van der Waals surface area (Å²) < 4.78 is 3.81. The summed E-state index contributed by atoms with van der Waals surface area (Å²) in [4.78, 5) is 0. The molecule has 4 aromatic rings. The first kappa shape index (κ1) is 39.5. The monoisotopic (exact) mass is 766 g/mol. The van der Waals surface area contributed by atoms with Crippen LogP contribution < -0.4 is 24.8 Å². The van der Waals surface area contributed by atoms with E-state index in [4.69, 9.17) is 0 Å². The molecule has 0 atom stereocenters. The van der Waals surface area contributed by atoms with E-state index in [0.29, 0.717) is 3.63 Å². The Hall–Kier alpha value is -2.31. The number of halogens is 2. The van der Waals surface area contributed by atoms with Gasteiger partial charge in [0.25, 0.3) is 0 Å². The zero-order valence-corrected chi connectivity index (χ0v) is 35.7. The summed E-state index contributed by atoms with van der Waals surface area (Å²) >= 11 is -2.87. The maximum Gasteiger partial charge on any atom is -1.00 e. The number of hydrogen-bond donors (Lipinski definition) is 0. The van der Waals surface area contributed by atoms with Gasteiger partial charge in [-0.25, -0.2) is 0 Å². The van der Waals surface area contributed by atoms with E-state index in [1.807, 2.05) is 0 Å². The molecular formula is C46H54Cl2Zr.